The van der Waals surface area contributed by atoms with Crippen molar-refractivity contribution in [3.8, 4) is 11.3 Å². The van der Waals surface area contributed by atoms with E-state index in [2.05, 4.69) is 10.4 Å². The molecule has 0 bridgehead atoms. The second-order valence-corrected chi connectivity index (χ2v) is 5.92. The zero-order valence-electron chi connectivity index (χ0n) is 13.7. The molecule has 0 spiro atoms. The summed E-state index contributed by atoms with van der Waals surface area (Å²) < 4.78 is 14.7. The molecule has 2 aromatic carbocycles. The molecule has 25 heavy (non-hydrogen) atoms. The summed E-state index contributed by atoms with van der Waals surface area (Å²) in [5, 5.41) is 7.47. The highest BCUT2D eigenvalue weighted by Crippen LogP contribution is 2.29. The van der Waals surface area contributed by atoms with Crippen molar-refractivity contribution in [1.29, 1.82) is 0 Å². The molecule has 1 heterocycles. The Morgan fingerprint density at radius 1 is 1.24 bits per heavy atom. The molecule has 0 fully saturated rings. The summed E-state index contributed by atoms with van der Waals surface area (Å²) in [7, 11) is 3.42. The Hall–Kier alpha value is -2.86. The van der Waals surface area contributed by atoms with Gasteiger partial charge in [-0.1, -0.05) is 23.7 Å². The molecule has 3 rings (SSSR count). The van der Waals surface area contributed by atoms with Gasteiger partial charge in [-0.05, 0) is 36.4 Å². The Bertz CT molecular complexity index is 888. The van der Waals surface area contributed by atoms with Gasteiger partial charge in [-0.15, -0.1) is 0 Å². The van der Waals surface area contributed by atoms with Gasteiger partial charge in [-0.25, -0.2) is 9.18 Å². The molecule has 5 nitrogen and oxygen atoms in total. The number of aromatic nitrogens is 2. The van der Waals surface area contributed by atoms with E-state index in [4.69, 9.17) is 11.6 Å². The first-order valence-corrected chi connectivity index (χ1v) is 7.91. The second kappa shape index (κ2) is 6.94. The van der Waals surface area contributed by atoms with Gasteiger partial charge < -0.3 is 5.32 Å². The number of anilines is 2. The van der Waals surface area contributed by atoms with Crippen LogP contribution in [0.3, 0.4) is 0 Å². The lowest BCUT2D eigenvalue weighted by Crippen LogP contribution is -2.31. The van der Waals surface area contributed by atoms with Gasteiger partial charge in [0.2, 0.25) is 0 Å². The molecule has 1 N–H and O–H groups in total. The van der Waals surface area contributed by atoms with Crippen molar-refractivity contribution < 1.29 is 9.18 Å². The summed E-state index contributed by atoms with van der Waals surface area (Å²) >= 11 is 6.17. The molecule has 0 aliphatic carbocycles. The predicted molar refractivity (Wildman–Crippen MR) is 97.5 cm³/mol. The van der Waals surface area contributed by atoms with E-state index in [1.165, 1.54) is 17.0 Å². The Morgan fingerprint density at radius 2 is 1.96 bits per heavy atom. The molecule has 0 atom stereocenters. The predicted octanol–water partition coefficient (Wildman–Crippen LogP) is 4.55. The van der Waals surface area contributed by atoms with E-state index in [-0.39, 0.29) is 11.8 Å². The fourth-order valence-corrected chi connectivity index (χ4v) is 2.74. The smallest absolute Gasteiger partial charge is 0.308 e. The summed E-state index contributed by atoms with van der Waals surface area (Å²) in [6.07, 6.45) is 1.57. The van der Waals surface area contributed by atoms with Gasteiger partial charge in [0.1, 0.15) is 5.82 Å². The molecule has 0 saturated heterocycles. The molecule has 0 aliphatic heterocycles. The second-order valence-electron chi connectivity index (χ2n) is 5.51. The topological polar surface area (TPSA) is 50.2 Å². The minimum Gasteiger partial charge on any atom is -0.308 e. The van der Waals surface area contributed by atoms with E-state index < -0.39 is 0 Å². The van der Waals surface area contributed by atoms with Crippen LogP contribution in [0.25, 0.3) is 11.3 Å². The molecule has 0 aliphatic rings. The van der Waals surface area contributed by atoms with Crippen LogP contribution in [-0.4, -0.2) is 22.9 Å². The Labute approximate surface area is 149 Å². The van der Waals surface area contributed by atoms with Crippen molar-refractivity contribution in [3.63, 3.8) is 0 Å². The average Bonchev–Trinajstić information content (AvgIpc) is 2.93. The summed E-state index contributed by atoms with van der Waals surface area (Å²) in [5.41, 5.74) is 2.82. The first-order chi connectivity index (χ1) is 12.0. The third kappa shape index (κ3) is 3.64. The van der Waals surface area contributed by atoms with E-state index in [1.807, 2.05) is 18.2 Å². The van der Waals surface area contributed by atoms with Gasteiger partial charge in [-0.3, -0.25) is 9.58 Å². The van der Waals surface area contributed by atoms with Crippen LogP contribution < -0.4 is 10.2 Å². The highest BCUT2D eigenvalue weighted by atomic mass is 35.5. The third-order valence-electron chi connectivity index (χ3n) is 3.80. The van der Waals surface area contributed by atoms with Gasteiger partial charge in [0, 0.05) is 31.0 Å². The van der Waals surface area contributed by atoms with Crippen molar-refractivity contribution in [2.45, 2.75) is 0 Å². The van der Waals surface area contributed by atoms with Crippen molar-refractivity contribution in [1.82, 2.24) is 9.78 Å². The van der Waals surface area contributed by atoms with Gasteiger partial charge in [-0.2, -0.15) is 5.10 Å². The lowest BCUT2D eigenvalue weighted by molar-refractivity contribution is 0.258. The molecule has 3 aromatic rings. The van der Waals surface area contributed by atoms with Crippen LogP contribution in [0.4, 0.5) is 20.6 Å². The zero-order valence-corrected chi connectivity index (χ0v) is 14.5. The van der Waals surface area contributed by atoms with Crippen LogP contribution in [0.1, 0.15) is 0 Å². The molecule has 2 amide bonds. The van der Waals surface area contributed by atoms with Crippen LogP contribution in [0.2, 0.25) is 5.02 Å². The SMILES string of the molecule is CN(C(=O)Nc1cccc(-c2c(Cl)cnn2C)c1)c1ccc(F)cc1. The summed E-state index contributed by atoms with van der Waals surface area (Å²) in [6.45, 7) is 0. The number of urea groups is 1. The third-order valence-corrected chi connectivity index (χ3v) is 4.08. The monoisotopic (exact) mass is 358 g/mol. The number of nitrogens with zero attached hydrogens (tertiary/aromatic N) is 3. The van der Waals surface area contributed by atoms with Crippen LogP contribution in [-0.2, 0) is 7.05 Å². The summed E-state index contributed by atoms with van der Waals surface area (Å²) in [6, 6.07) is 12.7. The normalized spacial score (nSPS) is 10.6. The molecular weight excluding hydrogens is 343 g/mol. The van der Waals surface area contributed by atoms with Crippen molar-refractivity contribution in [3.05, 3.63) is 65.6 Å². The van der Waals surface area contributed by atoms with Crippen LogP contribution >= 0.6 is 11.6 Å². The molecule has 7 heteroatoms. The van der Waals surface area contributed by atoms with Crippen molar-refractivity contribution in [2.75, 3.05) is 17.3 Å². The van der Waals surface area contributed by atoms with E-state index in [0.29, 0.717) is 16.4 Å². The van der Waals surface area contributed by atoms with E-state index in [1.54, 1.807) is 43.2 Å². The number of hydrogen-bond acceptors (Lipinski definition) is 2. The maximum Gasteiger partial charge on any atom is 0.326 e. The van der Waals surface area contributed by atoms with Gasteiger partial charge in [0.05, 0.1) is 16.9 Å². The van der Waals surface area contributed by atoms with Crippen molar-refractivity contribution in [2.24, 2.45) is 7.05 Å². The first-order valence-electron chi connectivity index (χ1n) is 7.54. The molecule has 1 aromatic heterocycles. The number of benzene rings is 2. The lowest BCUT2D eigenvalue weighted by Gasteiger charge is -2.18. The number of amides is 2. The van der Waals surface area contributed by atoms with Gasteiger partial charge in [0.25, 0.3) is 0 Å². The van der Waals surface area contributed by atoms with E-state index >= 15 is 0 Å². The quantitative estimate of drug-likeness (QED) is 0.746. The number of nitrogens with one attached hydrogen (secondary N) is 1. The van der Waals surface area contributed by atoms with E-state index in [0.717, 1.165) is 11.3 Å². The fraction of sp³-hybridized carbons (Fsp3) is 0.111. The number of halogens is 2. The fourth-order valence-electron chi connectivity index (χ4n) is 2.47. The summed E-state index contributed by atoms with van der Waals surface area (Å²) in [5.74, 6) is -0.349. The Morgan fingerprint density at radius 3 is 2.60 bits per heavy atom. The minimum absolute atomic E-state index is 0.333. The Balaban J connectivity index is 1.80. The number of carbonyl (C=O) groups excluding carboxylic acids is 1. The van der Waals surface area contributed by atoms with Crippen LogP contribution in [0.5, 0.6) is 0 Å². The van der Waals surface area contributed by atoms with E-state index in [9.17, 15) is 9.18 Å². The van der Waals surface area contributed by atoms with Gasteiger partial charge in [0.15, 0.2) is 0 Å². The minimum atomic E-state index is -0.349. The average molecular weight is 359 g/mol. The first kappa shape index (κ1) is 17.0. The molecule has 0 unspecified atom stereocenters. The van der Waals surface area contributed by atoms with Crippen LogP contribution in [0.15, 0.2) is 54.7 Å². The molecular formula is C18H16ClFN4O. The maximum absolute atomic E-state index is 13.0. The number of rotatable bonds is 3. The number of aryl methyl sites for hydroxylation is 1. The largest absolute Gasteiger partial charge is 0.326 e. The zero-order chi connectivity index (χ0) is 18.0. The lowest BCUT2D eigenvalue weighted by atomic mass is 10.1. The standard InChI is InChI=1S/C18H16ClFN4O/c1-23(15-8-6-13(20)7-9-15)18(25)22-14-5-3-4-12(10-14)17-16(19)11-21-24(17)2/h3-11H,1-2H3,(H,22,25). The van der Waals surface area contributed by atoms with Crippen molar-refractivity contribution >= 4 is 29.0 Å². The number of carbonyl (C=O) groups is 1. The molecule has 128 valence electrons. The Kier molecular flexibility index (Phi) is 4.72. The highest BCUT2D eigenvalue weighted by molar-refractivity contribution is 6.33. The molecule has 0 saturated carbocycles. The molecule has 0 radical (unpaired) electrons. The van der Waals surface area contributed by atoms with Crippen LogP contribution in [0, 0.1) is 5.82 Å². The maximum atomic E-state index is 13.0. The number of hydrogen-bond donors (Lipinski definition) is 1. The summed E-state index contributed by atoms with van der Waals surface area (Å²) in [4.78, 5) is 13.8. The highest BCUT2D eigenvalue weighted by Gasteiger charge is 2.13. The van der Waals surface area contributed by atoms with Gasteiger partial charge >= 0.3 is 6.03 Å².